The molecule has 2 aliphatic rings. The van der Waals surface area contributed by atoms with Crippen molar-refractivity contribution in [2.75, 3.05) is 18.4 Å². The number of hydrogen-bond donors (Lipinski definition) is 2. The van der Waals surface area contributed by atoms with Gasteiger partial charge in [-0.25, -0.2) is 4.79 Å². The molecule has 0 spiro atoms. The molecule has 7 nitrogen and oxygen atoms in total. The van der Waals surface area contributed by atoms with E-state index in [9.17, 15) is 14.4 Å². The van der Waals surface area contributed by atoms with E-state index in [-0.39, 0.29) is 17.9 Å². The van der Waals surface area contributed by atoms with Crippen LogP contribution in [0.25, 0.3) is 5.57 Å². The van der Waals surface area contributed by atoms with E-state index in [2.05, 4.69) is 10.6 Å². The van der Waals surface area contributed by atoms with Gasteiger partial charge in [0.1, 0.15) is 11.6 Å². The number of hydrogen-bond acceptors (Lipinski definition) is 5. The van der Waals surface area contributed by atoms with Crippen molar-refractivity contribution in [3.05, 3.63) is 35.9 Å². The quantitative estimate of drug-likeness (QED) is 0.781. The molecule has 7 heteroatoms. The van der Waals surface area contributed by atoms with Crippen LogP contribution in [0, 0.1) is 0 Å². The maximum Gasteiger partial charge on any atom is 0.410 e. The SMILES string of the molecule is CC(C)(C)OC(=O)N1CC=C(c2cccc(NC3CCC(=O)NC3=O)c2)CC1. The van der Waals surface area contributed by atoms with Crippen LogP contribution in [0.15, 0.2) is 30.3 Å². The van der Waals surface area contributed by atoms with Crippen molar-refractivity contribution in [1.29, 1.82) is 0 Å². The lowest BCUT2D eigenvalue weighted by Crippen LogP contribution is -2.47. The van der Waals surface area contributed by atoms with Crippen LogP contribution in [0.1, 0.15) is 45.6 Å². The number of carbonyl (C=O) groups is 3. The highest BCUT2D eigenvalue weighted by molar-refractivity contribution is 6.01. The highest BCUT2D eigenvalue weighted by atomic mass is 16.6. The summed E-state index contributed by atoms with van der Waals surface area (Å²) in [6.45, 7) is 6.69. The third-order valence-electron chi connectivity index (χ3n) is 4.67. The van der Waals surface area contributed by atoms with Crippen molar-refractivity contribution in [2.45, 2.75) is 51.7 Å². The first-order chi connectivity index (χ1) is 13.2. The van der Waals surface area contributed by atoms with Gasteiger partial charge in [-0.3, -0.25) is 14.9 Å². The third kappa shape index (κ3) is 5.12. The number of imide groups is 1. The first kappa shape index (κ1) is 19.9. The van der Waals surface area contributed by atoms with Crippen LogP contribution in [0.2, 0.25) is 0 Å². The second kappa shape index (κ2) is 8.04. The Bertz CT molecular complexity index is 810. The fraction of sp³-hybridized carbons (Fsp3) is 0.476. The summed E-state index contributed by atoms with van der Waals surface area (Å²) < 4.78 is 5.43. The van der Waals surface area contributed by atoms with Crippen LogP contribution in [0.3, 0.4) is 0 Å². The Balaban J connectivity index is 1.64. The van der Waals surface area contributed by atoms with Crippen LogP contribution >= 0.6 is 0 Å². The van der Waals surface area contributed by atoms with Crippen molar-refractivity contribution in [3.63, 3.8) is 0 Å². The van der Waals surface area contributed by atoms with Crippen LogP contribution in [-0.2, 0) is 14.3 Å². The number of piperidine rings is 1. The molecule has 1 aromatic carbocycles. The minimum absolute atomic E-state index is 0.223. The largest absolute Gasteiger partial charge is 0.444 e. The summed E-state index contributed by atoms with van der Waals surface area (Å²) >= 11 is 0. The van der Waals surface area contributed by atoms with Gasteiger partial charge in [0, 0.05) is 25.2 Å². The molecule has 1 saturated heterocycles. The molecule has 0 bridgehead atoms. The number of ether oxygens (including phenoxy) is 1. The molecule has 1 atom stereocenters. The molecular formula is C21H27N3O4. The van der Waals surface area contributed by atoms with Crippen molar-refractivity contribution in [3.8, 4) is 0 Å². The van der Waals surface area contributed by atoms with Gasteiger partial charge in [-0.2, -0.15) is 0 Å². The summed E-state index contributed by atoms with van der Waals surface area (Å²) in [4.78, 5) is 37.1. The predicted molar refractivity (Wildman–Crippen MR) is 107 cm³/mol. The van der Waals surface area contributed by atoms with Gasteiger partial charge in [0.05, 0.1) is 0 Å². The third-order valence-corrected chi connectivity index (χ3v) is 4.67. The zero-order valence-corrected chi connectivity index (χ0v) is 16.6. The average molecular weight is 385 g/mol. The van der Waals surface area contributed by atoms with E-state index in [0.717, 1.165) is 23.2 Å². The van der Waals surface area contributed by atoms with Gasteiger partial charge in [0.25, 0.3) is 0 Å². The Morgan fingerprint density at radius 1 is 1.25 bits per heavy atom. The van der Waals surface area contributed by atoms with E-state index in [0.29, 0.717) is 25.9 Å². The van der Waals surface area contributed by atoms with Gasteiger partial charge in [-0.15, -0.1) is 0 Å². The Morgan fingerprint density at radius 2 is 2.04 bits per heavy atom. The van der Waals surface area contributed by atoms with E-state index >= 15 is 0 Å². The van der Waals surface area contributed by atoms with Gasteiger partial charge in [0.2, 0.25) is 11.8 Å². The van der Waals surface area contributed by atoms with Gasteiger partial charge < -0.3 is 15.0 Å². The summed E-state index contributed by atoms with van der Waals surface area (Å²) in [5.74, 6) is -0.509. The number of amides is 3. The number of anilines is 1. The standard InChI is InChI=1S/C21H27N3O4/c1-21(2,3)28-20(27)24-11-9-14(10-12-24)15-5-4-6-16(13-15)22-17-7-8-18(25)23-19(17)26/h4-6,9,13,17,22H,7-8,10-12H2,1-3H3,(H,23,25,26). The molecule has 1 fully saturated rings. The highest BCUT2D eigenvalue weighted by Gasteiger charge is 2.27. The fourth-order valence-electron chi connectivity index (χ4n) is 3.26. The van der Waals surface area contributed by atoms with E-state index in [4.69, 9.17) is 4.74 Å². The normalized spacial score (nSPS) is 20.3. The predicted octanol–water partition coefficient (Wildman–Crippen LogP) is 2.93. The summed E-state index contributed by atoms with van der Waals surface area (Å²) in [6, 6.07) is 7.45. The minimum atomic E-state index is -0.503. The van der Waals surface area contributed by atoms with E-state index in [1.165, 1.54) is 0 Å². The molecular weight excluding hydrogens is 358 g/mol. The molecule has 3 amide bonds. The molecule has 0 saturated carbocycles. The van der Waals surface area contributed by atoms with Gasteiger partial charge in [-0.1, -0.05) is 18.2 Å². The summed E-state index contributed by atoms with van der Waals surface area (Å²) in [7, 11) is 0. The lowest BCUT2D eigenvalue weighted by atomic mass is 9.98. The maximum absolute atomic E-state index is 12.2. The second-order valence-electron chi connectivity index (χ2n) is 8.13. The number of nitrogens with one attached hydrogen (secondary N) is 2. The van der Waals surface area contributed by atoms with E-state index in [1.54, 1.807) is 4.90 Å². The Labute approximate surface area is 165 Å². The zero-order chi connectivity index (χ0) is 20.3. The van der Waals surface area contributed by atoms with Gasteiger partial charge in [0.15, 0.2) is 0 Å². The number of nitrogens with zero attached hydrogens (tertiary/aromatic N) is 1. The van der Waals surface area contributed by atoms with Crippen molar-refractivity contribution in [1.82, 2.24) is 10.2 Å². The number of benzene rings is 1. The van der Waals surface area contributed by atoms with Crippen LogP contribution in [-0.4, -0.2) is 47.5 Å². The summed E-state index contributed by atoms with van der Waals surface area (Å²) in [5.41, 5.74) is 2.55. The van der Waals surface area contributed by atoms with Crippen molar-refractivity contribution < 1.29 is 19.1 Å². The van der Waals surface area contributed by atoms with Crippen molar-refractivity contribution >= 4 is 29.2 Å². The molecule has 2 aliphatic heterocycles. The monoisotopic (exact) mass is 385 g/mol. The molecule has 0 radical (unpaired) electrons. The summed E-state index contributed by atoms with van der Waals surface area (Å²) in [5, 5.41) is 5.57. The Hall–Kier alpha value is -2.83. The van der Waals surface area contributed by atoms with Crippen LogP contribution < -0.4 is 10.6 Å². The molecule has 28 heavy (non-hydrogen) atoms. The van der Waals surface area contributed by atoms with Crippen LogP contribution in [0.5, 0.6) is 0 Å². The van der Waals surface area contributed by atoms with Crippen LogP contribution in [0.4, 0.5) is 10.5 Å². The first-order valence-electron chi connectivity index (χ1n) is 9.59. The van der Waals surface area contributed by atoms with E-state index in [1.807, 2.05) is 51.1 Å². The van der Waals surface area contributed by atoms with Gasteiger partial charge in [-0.05, 0) is 56.9 Å². The molecule has 2 N–H and O–H groups in total. The van der Waals surface area contributed by atoms with Gasteiger partial charge >= 0.3 is 6.09 Å². The Morgan fingerprint density at radius 3 is 2.68 bits per heavy atom. The molecule has 2 heterocycles. The topological polar surface area (TPSA) is 87.7 Å². The van der Waals surface area contributed by atoms with Crippen molar-refractivity contribution in [2.24, 2.45) is 0 Å². The Kier molecular flexibility index (Phi) is 5.72. The number of carbonyl (C=O) groups excluding carboxylic acids is 3. The molecule has 0 aliphatic carbocycles. The molecule has 0 aromatic heterocycles. The smallest absolute Gasteiger partial charge is 0.410 e. The second-order valence-corrected chi connectivity index (χ2v) is 8.13. The lowest BCUT2D eigenvalue weighted by Gasteiger charge is -2.29. The minimum Gasteiger partial charge on any atom is -0.444 e. The first-order valence-corrected chi connectivity index (χ1v) is 9.59. The molecule has 1 unspecified atom stereocenters. The highest BCUT2D eigenvalue weighted by Crippen LogP contribution is 2.26. The fourth-order valence-corrected chi connectivity index (χ4v) is 3.26. The van der Waals surface area contributed by atoms with E-state index < -0.39 is 11.6 Å². The number of rotatable bonds is 3. The molecule has 150 valence electrons. The summed E-state index contributed by atoms with van der Waals surface area (Å²) in [6.07, 6.45) is 3.31. The molecule has 3 rings (SSSR count). The maximum atomic E-state index is 12.2. The average Bonchev–Trinajstić information content (AvgIpc) is 2.63. The molecule has 1 aromatic rings. The zero-order valence-electron chi connectivity index (χ0n) is 16.6. The lowest BCUT2D eigenvalue weighted by molar-refractivity contribution is -0.133.